The van der Waals surface area contributed by atoms with Crippen LogP contribution in [0.5, 0.6) is 0 Å². The van der Waals surface area contributed by atoms with Gasteiger partial charge in [0.1, 0.15) is 0 Å². The summed E-state index contributed by atoms with van der Waals surface area (Å²) in [5.41, 5.74) is 0. The first-order chi connectivity index (χ1) is 6.58. The number of carbonyl (C=O) groups excluding carboxylic acids is 1. The van der Waals surface area contributed by atoms with Crippen LogP contribution < -0.4 is 5.32 Å². The van der Waals surface area contributed by atoms with Crippen molar-refractivity contribution in [3.8, 4) is 0 Å². The molecule has 0 bridgehead atoms. The minimum Gasteiger partial charge on any atom is -0.338 e. The second-order valence-electron chi connectivity index (χ2n) is 4.04. The lowest BCUT2D eigenvalue weighted by atomic mass is 10.0. The summed E-state index contributed by atoms with van der Waals surface area (Å²) in [6.45, 7) is 0.883. The lowest BCUT2D eigenvalue weighted by Crippen LogP contribution is -2.53. The molecule has 0 aromatic heterocycles. The second-order valence-corrected chi connectivity index (χ2v) is 4.04. The van der Waals surface area contributed by atoms with E-state index in [1.165, 1.54) is 0 Å². The van der Waals surface area contributed by atoms with Crippen molar-refractivity contribution in [3.05, 3.63) is 0 Å². The van der Waals surface area contributed by atoms with Gasteiger partial charge in [-0.25, -0.2) is 8.78 Å². The SMILES string of the molecule is Cl.O=C1CCCN1[C@H]1CNCC(F)(F)C1. The Morgan fingerprint density at radius 1 is 1.47 bits per heavy atom. The fraction of sp³-hybridized carbons (Fsp3) is 0.889. The van der Waals surface area contributed by atoms with Gasteiger partial charge in [0.2, 0.25) is 5.91 Å². The maximum Gasteiger partial charge on any atom is 0.262 e. The molecule has 2 rings (SSSR count). The van der Waals surface area contributed by atoms with Crippen molar-refractivity contribution in [2.75, 3.05) is 19.6 Å². The molecule has 0 saturated carbocycles. The third-order valence-corrected chi connectivity index (χ3v) is 2.85. The van der Waals surface area contributed by atoms with Crippen LogP contribution in [-0.2, 0) is 4.79 Å². The molecule has 2 fully saturated rings. The van der Waals surface area contributed by atoms with E-state index in [2.05, 4.69) is 5.32 Å². The summed E-state index contributed by atoms with van der Waals surface area (Å²) in [5.74, 6) is -2.64. The van der Waals surface area contributed by atoms with E-state index in [1.807, 2.05) is 0 Å². The number of likely N-dealkylation sites (tertiary alicyclic amines) is 1. The largest absolute Gasteiger partial charge is 0.338 e. The van der Waals surface area contributed by atoms with Gasteiger partial charge >= 0.3 is 0 Å². The van der Waals surface area contributed by atoms with E-state index in [-0.39, 0.29) is 37.3 Å². The molecule has 0 spiro atoms. The van der Waals surface area contributed by atoms with Gasteiger partial charge in [0.25, 0.3) is 5.92 Å². The monoisotopic (exact) mass is 240 g/mol. The van der Waals surface area contributed by atoms with Crippen molar-refractivity contribution in [1.82, 2.24) is 10.2 Å². The summed E-state index contributed by atoms with van der Waals surface area (Å²) < 4.78 is 26.1. The van der Waals surface area contributed by atoms with Gasteiger partial charge in [-0.15, -0.1) is 12.4 Å². The highest BCUT2D eigenvalue weighted by molar-refractivity contribution is 5.85. The average Bonchev–Trinajstić information content (AvgIpc) is 2.49. The van der Waals surface area contributed by atoms with Gasteiger partial charge in [0.05, 0.1) is 6.54 Å². The standard InChI is InChI=1S/C9H14F2N2O.ClH/c10-9(11)4-7(5-12-6-9)13-3-1-2-8(13)14;/h7,12H,1-6H2;1H/t7-;/m1./s1. The number of rotatable bonds is 1. The van der Waals surface area contributed by atoms with Gasteiger partial charge < -0.3 is 10.2 Å². The van der Waals surface area contributed by atoms with E-state index in [1.54, 1.807) is 4.90 Å². The zero-order chi connectivity index (χ0) is 10.2. The fourth-order valence-electron chi connectivity index (χ4n) is 2.19. The molecular formula is C9H15ClF2N2O. The van der Waals surface area contributed by atoms with Crippen LogP contribution in [0.15, 0.2) is 0 Å². The lowest BCUT2D eigenvalue weighted by Gasteiger charge is -2.35. The molecule has 0 aliphatic carbocycles. The molecule has 0 radical (unpaired) electrons. The van der Waals surface area contributed by atoms with Crippen molar-refractivity contribution in [2.24, 2.45) is 0 Å². The van der Waals surface area contributed by atoms with Crippen molar-refractivity contribution in [3.63, 3.8) is 0 Å². The highest BCUT2D eigenvalue weighted by atomic mass is 35.5. The van der Waals surface area contributed by atoms with Crippen LogP contribution in [0.25, 0.3) is 0 Å². The topological polar surface area (TPSA) is 32.3 Å². The van der Waals surface area contributed by atoms with Crippen LogP contribution in [0.3, 0.4) is 0 Å². The Morgan fingerprint density at radius 2 is 2.20 bits per heavy atom. The number of hydrogen-bond acceptors (Lipinski definition) is 2. The minimum absolute atomic E-state index is 0. The molecule has 2 heterocycles. The highest BCUT2D eigenvalue weighted by Gasteiger charge is 2.40. The molecule has 88 valence electrons. The van der Waals surface area contributed by atoms with Crippen molar-refractivity contribution >= 4 is 18.3 Å². The Bertz CT molecular complexity index is 250. The second kappa shape index (κ2) is 4.61. The van der Waals surface area contributed by atoms with Crippen molar-refractivity contribution in [2.45, 2.75) is 31.2 Å². The van der Waals surface area contributed by atoms with Gasteiger partial charge in [-0.2, -0.15) is 0 Å². The molecule has 1 atom stereocenters. The summed E-state index contributed by atoms with van der Waals surface area (Å²) in [4.78, 5) is 12.9. The molecule has 1 amide bonds. The summed E-state index contributed by atoms with van der Waals surface area (Å²) in [6.07, 6.45) is 1.13. The van der Waals surface area contributed by atoms with Crippen LogP contribution in [0.2, 0.25) is 0 Å². The van der Waals surface area contributed by atoms with Crippen LogP contribution in [-0.4, -0.2) is 42.4 Å². The van der Waals surface area contributed by atoms with Crippen molar-refractivity contribution < 1.29 is 13.6 Å². The van der Waals surface area contributed by atoms with Crippen LogP contribution in [0.4, 0.5) is 8.78 Å². The number of halogens is 3. The summed E-state index contributed by atoms with van der Waals surface area (Å²) in [5, 5.41) is 2.68. The number of nitrogens with one attached hydrogen (secondary N) is 1. The van der Waals surface area contributed by atoms with E-state index < -0.39 is 5.92 Å². The number of amides is 1. The molecule has 2 aliphatic rings. The van der Waals surface area contributed by atoms with Gasteiger partial charge in [-0.05, 0) is 6.42 Å². The number of hydrogen-bond donors (Lipinski definition) is 1. The molecule has 2 saturated heterocycles. The first-order valence-electron chi connectivity index (χ1n) is 4.96. The predicted molar refractivity (Wildman–Crippen MR) is 54.4 cm³/mol. The zero-order valence-corrected chi connectivity index (χ0v) is 9.16. The number of carbonyl (C=O) groups is 1. The zero-order valence-electron chi connectivity index (χ0n) is 8.34. The average molecular weight is 241 g/mol. The summed E-state index contributed by atoms with van der Waals surface area (Å²) in [6, 6.07) is -0.311. The Morgan fingerprint density at radius 3 is 2.73 bits per heavy atom. The molecule has 1 N–H and O–H groups in total. The molecule has 15 heavy (non-hydrogen) atoms. The van der Waals surface area contributed by atoms with E-state index in [4.69, 9.17) is 0 Å². The molecule has 0 aromatic carbocycles. The number of nitrogens with zero attached hydrogens (tertiary/aromatic N) is 1. The highest BCUT2D eigenvalue weighted by Crippen LogP contribution is 2.27. The molecule has 2 aliphatic heterocycles. The lowest BCUT2D eigenvalue weighted by molar-refractivity contribution is -0.132. The van der Waals surface area contributed by atoms with Gasteiger partial charge in [-0.1, -0.05) is 0 Å². The van der Waals surface area contributed by atoms with E-state index >= 15 is 0 Å². The smallest absolute Gasteiger partial charge is 0.262 e. The van der Waals surface area contributed by atoms with Crippen LogP contribution in [0.1, 0.15) is 19.3 Å². The quantitative estimate of drug-likeness (QED) is 0.743. The molecule has 3 nitrogen and oxygen atoms in total. The predicted octanol–water partition coefficient (Wildman–Crippen LogP) is 1.03. The Balaban J connectivity index is 0.00000112. The molecule has 6 heteroatoms. The van der Waals surface area contributed by atoms with E-state index in [0.717, 1.165) is 6.42 Å². The third-order valence-electron chi connectivity index (χ3n) is 2.85. The van der Waals surface area contributed by atoms with Gasteiger partial charge in [0, 0.05) is 32.0 Å². The minimum atomic E-state index is -2.66. The molecule has 0 aromatic rings. The number of alkyl halides is 2. The van der Waals surface area contributed by atoms with Crippen LogP contribution in [0, 0.1) is 0 Å². The van der Waals surface area contributed by atoms with Crippen molar-refractivity contribution in [1.29, 1.82) is 0 Å². The van der Waals surface area contributed by atoms with Gasteiger partial charge in [0.15, 0.2) is 0 Å². The summed E-state index contributed by atoms with van der Waals surface area (Å²) in [7, 11) is 0. The van der Waals surface area contributed by atoms with Gasteiger partial charge in [-0.3, -0.25) is 4.79 Å². The summed E-state index contributed by atoms with van der Waals surface area (Å²) >= 11 is 0. The fourth-order valence-corrected chi connectivity index (χ4v) is 2.19. The first-order valence-corrected chi connectivity index (χ1v) is 4.96. The first kappa shape index (κ1) is 12.6. The number of piperidine rings is 1. The third kappa shape index (κ3) is 2.78. The van der Waals surface area contributed by atoms with E-state index in [0.29, 0.717) is 19.5 Å². The molecule has 0 unspecified atom stereocenters. The Hall–Kier alpha value is -0.420. The normalized spacial score (nSPS) is 30.1. The molecular weight excluding hydrogens is 226 g/mol. The maximum atomic E-state index is 13.0. The Kier molecular flexibility index (Phi) is 3.89. The Labute approximate surface area is 93.6 Å². The van der Waals surface area contributed by atoms with E-state index in [9.17, 15) is 13.6 Å². The maximum absolute atomic E-state index is 13.0. The van der Waals surface area contributed by atoms with Crippen LogP contribution >= 0.6 is 12.4 Å².